The van der Waals surface area contributed by atoms with Crippen molar-refractivity contribution in [2.24, 2.45) is 5.92 Å². The van der Waals surface area contributed by atoms with Gasteiger partial charge in [-0.05, 0) is 25.3 Å². The zero-order valence-electron chi connectivity index (χ0n) is 12.3. The number of hydrogen-bond acceptors (Lipinski definition) is 3. The summed E-state index contributed by atoms with van der Waals surface area (Å²) in [6.07, 6.45) is 3.18. The van der Waals surface area contributed by atoms with Gasteiger partial charge in [-0.1, -0.05) is 27.7 Å². The highest BCUT2D eigenvalue weighted by Crippen LogP contribution is 2.13. The Morgan fingerprint density at radius 2 is 1.94 bits per heavy atom. The van der Waals surface area contributed by atoms with Crippen LogP contribution in [0.4, 0.5) is 0 Å². The largest absolute Gasteiger partial charge is 0.467 e. The lowest BCUT2D eigenvalue weighted by Gasteiger charge is -2.13. The molecule has 0 fully saturated rings. The van der Waals surface area contributed by atoms with Crippen molar-refractivity contribution in [3.05, 3.63) is 23.7 Å². The summed E-state index contributed by atoms with van der Waals surface area (Å²) in [5.41, 5.74) is 1.18. The van der Waals surface area contributed by atoms with E-state index in [0.717, 1.165) is 18.7 Å². The third-order valence-corrected chi connectivity index (χ3v) is 2.74. The summed E-state index contributed by atoms with van der Waals surface area (Å²) in [4.78, 5) is 0. The number of nitrogens with one attached hydrogen (secondary N) is 1. The molecule has 0 aliphatic heterocycles. The van der Waals surface area contributed by atoms with E-state index in [1.807, 2.05) is 0 Å². The first-order valence-electron chi connectivity index (χ1n) is 6.88. The molecule has 0 aliphatic rings. The molecular weight excluding hydrogens is 226 g/mol. The minimum atomic E-state index is 0.285. The molecule has 1 aromatic heterocycles. The maximum absolute atomic E-state index is 5.76. The van der Waals surface area contributed by atoms with Crippen LogP contribution in [0.5, 0.6) is 0 Å². The standard InChI is InChI=1S/C15H27NO2/c1-11(2)6-13(5)17-10-15-7-14(9-18-15)8-16-12(3)4/h7,9,11-13,16H,6,8,10H2,1-5H3. The Kier molecular flexibility index (Phi) is 6.44. The fourth-order valence-corrected chi connectivity index (χ4v) is 1.87. The highest BCUT2D eigenvalue weighted by molar-refractivity contribution is 5.12. The van der Waals surface area contributed by atoms with Gasteiger partial charge in [0.15, 0.2) is 0 Å². The molecule has 0 spiro atoms. The Morgan fingerprint density at radius 1 is 1.22 bits per heavy atom. The maximum atomic E-state index is 5.76. The van der Waals surface area contributed by atoms with Crippen LogP contribution >= 0.6 is 0 Å². The molecule has 104 valence electrons. The summed E-state index contributed by atoms with van der Waals surface area (Å²) in [6.45, 7) is 12.2. The monoisotopic (exact) mass is 253 g/mol. The van der Waals surface area contributed by atoms with E-state index in [2.05, 4.69) is 46.0 Å². The van der Waals surface area contributed by atoms with E-state index in [9.17, 15) is 0 Å². The molecule has 3 nitrogen and oxygen atoms in total. The Balaban J connectivity index is 2.30. The van der Waals surface area contributed by atoms with E-state index >= 15 is 0 Å². The molecule has 1 heterocycles. The molecule has 0 saturated carbocycles. The van der Waals surface area contributed by atoms with Gasteiger partial charge >= 0.3 is 0 Å². The predicted molar refractivity (Wildman–Crippen MR) is 74.4 cm³/mol. The highest BCUT2D eigenvalue weighted by atomic mass is 16.5. The summed E-state index contributed by atoms with van der Waals surface area (Å²) < 4.78 is 11.3. The zero-order valence-corrected chi connectivity index (χ0v) is 12.3. The lowest BCUT2D eigenvalue weighted by atomic mass is 10.1. The number of ether oxygens (including phenoxy) is 1. The van der Waals surface area contributed by atoms with Crippen LogP contribution in [0.3, 0.4) is 0 Å². The Hall–Kier alpha value is -0.800. The minimum Gasteiger partial charge on any atom is -0.467 e. The fraction of sp³-hybridized carbons (Fsp3) is 0.733. The molecule has 0 amide bonds. The van der Waals surface area contributed by atoms with E-state index < -0.39 is 0 Å². The van der Waals surface area contributed by atoms with E-state index in [-0.39, 0.29) is 6.10 Å². The summed E-state index contributed by atoms with van der Waals surface area (Å²) >= 11 is 0. The second kappa shape index (κ2) is 7.59. The molecule has 1 unspecified atom stereocenters. The summed E-state index contributed by atoms with van der Waals surface area (Å²) in [6, 6.07) is 2.56. The topological polar surface area (TPSA) is 34.4 Å². The number of furan rings is 1. The van der Waals surface area contributed by atoms with E-state index in [0.29, 0.717) is 18.6 Å². The molecule has 18 heavy (non-hydrogen) atoms. The molecular formula is C15H27NO2. The van der Waals surface area contributed by atoms with Gasteiger partial charge in [-0.3, -0.25) is 0 Å². The van der Waals surface area contributed by atoms with E-state index in [1.54, 1.807) is 6.26 Å². The quantitative estimate of drug-likeness (QED) is 0.766. The molecule has 0 bridgehead atoms. The highest BCUT2D eigenvalue weighted by Gasteiger charge is 2.08. The van der Waals surface area contributed by atoms with Crippen molar-refractivity contribution in [2.75, 3.05) is 0 Å². The smallest absolute Gasteiger partial charge is 0.129 e. The summed E-state index contributed by atoms with van der Waals surface area (Å²) in [5, 5.41) is 3.37. The van der Waals surface area contributed by atoms with Gasteiger partial charge in [0.05, 0.1) is 12.4 Å². The van der Waals surface area contributed by atoms with E-state index in [4.69, 9.17) is 9.15 Å². The third kappa shape index (κ3) is 6.22. The van der Waals surface area contributed by atoms with Crippen molar-refractivity contribution in [1.82, 2.24) is 5.32 Å². The lowest BCUT2D eigenvalue weighted by molar-refractivity contribution is 0.0303. The van der Waals surface area contributed by atoms with Gasteiger partial charge < -0.3 is 14.5 Å². The molecule has 0 aromatic carbocycles. The third-order valence-electron chi connectivity index (χ3n) is 2.74. The molecule has 0 aliphatic carbocycles. The van der Waals surface area contributed by atoms with Crippen molar-refractivity contribution in [3.63, 3.8) is 0 Å². The normalized spacial score (nSPS) is 13.5. The Labute approximate surface area is 111 Å². The Bertz CT molecular complexity index is 331. The van der Waals surface area contributed by atoms with Gasteiger partial charge in [-0.15, -0.1) is 0 Å². The van der Waals surface area contributed by atoms with Crippen molar-refractivity contribution < 1.29 is 9.15 Å². The molecule has 1 aromatic rings. The second-order valence-electron chi connectivity index (χ2n) is 5.71. The molecule has 1 rings (SSSR count). The van der Waals surface area contributed by atoms with Gasteiger partial charge in [-0.25, -0.2) is 0 Å². The predicted octanol–water partition coefficient (Wildman–Crippen LogP) is 3.73. The first kappa shape index (κ1) is 15.3. The molecule has 1 N–H and O–H groups in total. The van der Waals surface area contributed by atoms with Crippen LogP contribution in [0, 0.1) is 5.92 Å². The van der Waals surface area contributed by atoms with Gasteiger partial charge in [0.1, 0.15) is 12.4 Å². The minimum absolute atomic E-state index is 0.285. The average Bonchev–Trinajstić information content (AvgIpc) is 2.70. The molecule has 3 heteroatoms. The van der Waals surface area contributed by atoms with Crippen molar-refractivity contribution >= 4 is 0 Å². The van der Waals surface area contributed by atoms with Crippen LogP contribution < -0.4 is 5.32 Å². The summed E-state index contributed by atoms with van der Waals surface area (Å²) in [5.74, 6) is 1.58. The van der Waals surface area contributed by atoms with Gasteiger partial charge in [-0.2, -0.15) is 0 Å². The van der Waals surface area contributed by atoms with Gasteiger partial charge in [0.25, 0.3) is 0 Å². The van der Waals surface area contributed by atoms with Crippen molar-refractivity contribution in [1.29, 1.82) is 0 Å². The fourth-order valence-electron chi connectivity index (χ4n) is 1.87. The van der Waals surface area contributed by atoms with Crippen LogP contribution in [-0.2, 0) is 17.9 Å². The van der Waals surface area contributed by atoms with Gasteiger partial charge in [0, 0.05) is 18.2 Å². The van der Waals surface area contributed by atoms with Crippen LogP contribution in [0.1, 0.15) is 52.4 Å². The van der Waals surface area contributed by atoms with Crippen LogP contribution in [-0.4, -0.2) is 12.1 Å². The number of hydrogen-bond donors (Lipinski definition) is 1. The molecule has 0 radical (unpaired) electrons. The molecule has 1 atom stereocenters. The number of rotatable bonds is 8. The average molecular weight is 253 g/mol. The molecule has 0 saturated heterocycles. The summed E-state index contributed by atoms with van der Waals surface area (Å²) in [7, 11) is 0. The maximum Gasteiger partial charge on any atom is 0.129 e. The van der Waals surface area contributed by atoms with Crippen molar-refractivity contribution in [2.45, 2.75) is 66.3 Å². The lowest BCUT2D eigenvalue weighted by Crippen LogP contribution is -2.21. The second-order valence-corrected chi connectivity index (χ2v) is 5.71. The first-order valence-corrected chi connectivity index (χ1v) is 6.88. The van der Waals surface area contributed by atoms with Crippen LogP contribution in [0.15, 0.2) is 16.7 Å². The van der Waals surface area contributed by atoms with Crippen molar-refractivity contribution in [3.8, 4) is 0 Å². The van der Waals surface area contributed by atoms with Gasteiger partial charge in [0.2, 0.25) is 0 Å². The Morgan fingerprint density at radius 3 is 2.56 bits per heavy atom. The first-order chi connectivity index (χ1) is 8.47. The van der Waals surface area contributed by atoms with Crippen LogP contribution in [0.2, 0.25) is 0 Å². The van der Waals surface area contributed by atoms with Crippen LogP contribution in [0.25, 0.3) is 0 Å². The zero-order chi connectivity index (χ0) is 13.5. The SMILES string of the molecule is CC(C)CC(C)OCc1cc(CNC(C)C)co1. The van der Waals surface area contributed by atoms with E-state index in [1.165, 1.54) is 5.56 Å².